The normalized spacial score (nSPS) is 31.6. The highest BCUT2D eigenvalue weighted by atomic mass is 15.2. The highest BCUT2D eigenvalue weighted by molar-refractivity contribution is 4.93. The van der Waals surface area contributed by atoms with Crippen LogP contribution in [0.25, 0.3) is 0 Å². The van der Waals surface area contributed by atoms with Crippen molar-refractivity contribution < 1.29 is 0 Å². The minimum absolute atomic E-state index is 0.501. The molecule has 1 aliphatic heterocycles. The third-order valence-electron chi connectivity index (χ3n) is 5.08. The van der Waals surface area contributed by atoms with Gasteiger partial charge in [-0.1, -0.05) is 34.1 Å². The number of hydrogen-bond acceptors (Lipinski definition) is 2. The fourth-order valence-electron chi connectivity index (χ4n) is 4.68. The van der Waals surface area contributed by atoms with E-state index in [0.29, 0.717) is 10.8 Å². The first-order chi connectivity index (χ1) is 8.77. The average molecular weight is 266 g/mol. The molecule has 2 fully saturated rings. The molecule has 0 bridgehead atoms. The van der Waals surface area contributed by atoms with Gasteiger partial charge in [-0.3, -0.25) is 0 Å². The van der Waals surface area contributed by atoms with Gasteiger partial charge in [0.2, 0.25) is 0 Å². The van der Waals surface area contributed by atoms with Crippen molar-refractivity contribution in [2.45, 2.75) is 78.3 Å². The molecule has 0 aromatic heterocycles. The molecular weight excluding hydrogens is 232 g/mol. The Morgan fingerprint density at radius 3 is 2.21 bits per heavy atom. The average Bonchev–Trinajstić information content (AvgIpc) is 2.26. The zero-order chi connectivity index (χ0) is 14.1. The summed E-state index contributed by atoms with van der Waals surface area (Å²) in [6, 6.07) is 1.49. The molecule has 2 rings (SSSR count). The van der Waals surface area contributed by atoms with Gasteiger partial charge in [-0.05, 0) is 56.5 Å². The summed E-state index contributed by atoms with van der Waals surface area (Å²) in [5, 5.41) is 3.69. The molecule has 0 amide bonds. The third-order valence-corrected chi connectivity index (χ3v) is 5.08. The van der Waals surface area contributed by atoms with E-state index < -0.39 is 0 Å². The van der Waals surface area contributed by atoms with Crippen LogP contribution in [0.3, 0.4) is 0 Å². The van der Waals surface area contributed by atoms with Crippen LogP contribution >= 0.6 is 0 Å². The van der Waals surface area contributed by atoms with Crippen molar-refractivity contribution in [2.24, 2.45) is 10.8 Å². The predicted octanol–water partition coefficient (Wildman–Crippen LogP) is 3.67. The van der Waals surface area contributed by atoms with Crippen molar-refractivity contribution in [3.8, 4) is 0 Å². The van der Waals surface area contributed by atoms with Crippen LogP contribution in [0.15, 0.2) is 0 Å². The first-order valence-electron chi connectivity index (χ1n) is 8.21. The standard InChI is InChI=1S/C17H34N2/c1-16(2)10-15(11-17(3,4)13-16)19(5)12-14-8-6-7-9-18-14/h14-15,18H,6-13H2,1-5H3. The van der Waals surface area contributed by atoms with Gasteiger partial charge in [0, 0.05) is 18.6 Å². The topological polar surface area (TPSA) is 15.3 Å². The van der Waals surface area contributed by atoms with Gasteiger partial charge in [0.15, 0.2) is 0 Å². The molecule has 0 radical (unpaired) electrons. The summed E-state index contributed by atoms with van der Waals surface area (Å²) >= 11 is 0. The summed E-state index contributed by atoms with van der Waals surface area (Å²) in [7, 11) is 2.35. The molecule has 1 saturated heterocycles. The fourth-order valence-corrected chi connectivity index (χ4v) is 4.68. The second kappa shape index (κ2) is 5.73. The Labute approximate surface area is 120 Å². The Hall–Kier alpha value is -0.0800. The van der Waals surface area contributed by atoms with E-state index in [0.717, 1.165) is 12.1 Å². The van der Waals surface area contributed by atoms with Crippen molar-refractivity contribution in [1.29, 1.82) is 0 Å². The summed E-state index contributed by atoms with van der Waals surface area (Å²) in [5.41, 5.74) is 1.00. The van der Waals surface area contributed by atoms with E-state index in [-0.39, 0.29) is 0 Å². The van der Waals surface area contributed by atoms with Crippen LogP contribution in [-0.2, 0) is 0 Å². The first-order valence-corrected chi connectivity index (χ1v) is 8.21. The molecule has 0 aromatic rings. The Bertz CT molecular complexity index is 274. The zero-order valence-corrected chi connectivity index (χ0v) is 13.8. The molecule has 2 aliphatic rings. The Kier molecular flexibility index (Phi) is 4.62. The van der Waals surface area contributed by atoms with Gasteiger partial charge in [-0.2, -0.15) is 0 Å². The Morgan fingerprint density at radius 2 is 1.68 bits per heavy atom. The molecule has 0 aromatic carbocycles. The largest absolute Gasteiger partial charge is 0.313 e. The maximum atomic E-state index is 3.69. The number of nitrogens with one attached hydrogen (secondary N) is 1. The van der Waals surface area contributed by atoms with E-state index in [4.69, 9.17) is 0 Å². The lowest BCUT2D eigenvalue weighted by Gasteiger charge is -2.48. The van der Waals surface area contributed by atoms with Crippen LogP contribution in [0.1, 0.15) is 66.2 Å². The quantitative estimate of drug-likeness (QED) is 0.838. The first kappa shape index (κ1) is 15.3. The molecule has 0 spiro atoms. The van der Waals surface area contributed by atoms with Gasteiger partial charge < -0.3 is 10.2 Å². The zero-order valence-electron chi connectivity index (χ0n) is 13.8. The van der Waals surface area contributed by atoms with Gasteiger partial charge >= 0.3 is 0 Å². The van der Waals surface area contributed by atoms with Gasteiger partial charge in [0.05, 0.1) is 0 Å². The van der Waals surface area contributed by atoms with Crippen LogP contribution < -0.4 is 5.32 Å². The van der Waals surface area contributed by atoms with Gasteiger partial charge in [0.25, 0.3) is 0 Å². The Balaban J connectivity index is 1.92. The molecular formula is C17H34N2. The Morgan fingerprint density at radius 1 is 1.05 bits per heavy atom. The molecule has 1 heterocycles. The molecule has 1 N–H and O–H groups in total. The molecule has 2 heteroatoms. The maximum Gasteiger partial charge on any atom is 0.0195 e. The lowest BCUT2D eigenvalue weighted by molar-refractivity contribution is 0.0308. The lowest BCUT2D eigenvalue weighted by Crippen LogP contribution is -2.50. The second-order valence-corrected chi connectivity index (χ2v) is 8.65. The van der Waals surface area contributed by atoms with Gasteiger partial charge in [0.1, 0.15) is 0 Å². The van der Waals surface area contributed by atoms with E-state index >= 15 is 0 Å². The summed E-state index contributed by atoms with van der Waals surface area (Å²) in [5.74, 6) is 0. The number of rotatable bonds is 3. The van der Waals surface area contributed by atoms with E-state index in [1.54, 1.807) is 0 Å². The molecule has 1 atom stereocenters. The van der Waals surface area contributed by atoms with E-state index in [1.807, 2.05) is 0 Å². The number of nitrogens with zero attached hydrogens (tertiary/aromatic N) is 1. The highest BCUT2D eigenvalue weighted by Crippen LogP contribution is 2.46. The maximum absolute atomic E-state index is 3.69. The van der Waals surface area contributed by atoms with Crippen LogP contribution in [0.2, 0.25) is 0 Å². The van der Waals surface area contributed by atoms with E-state index in [2.05, 4.69) is 45.0 Å². The fraction of sp³-hybridized carbons (Fsp3) is 1.00. The minimum atomic E-state index is 0.501. The molecule has 112 valence electrons. The van der Waals surface area contributed by atoms with E-state index in [1.165, 1.54) is 51.6 Å². The second-order valence-electron chi connectivity index (χ2n) is 8.65. The van der Waals surface area contributed by atoms with Crippen molar-refractivity contribution in [1.82, 2.24) is 10.2 Å². The van der Waals surface area contributed by atoms with Crippen molar-refractivity contribution >= 4 is 0 Å². The van der Waals surface area contributed by atoms with Crippen molar-refractivity contribution in [2.75, 3.05) is 20.1 Å². The number of likely N-dealkylation sites (N-methyl/N-ethyl adjacent to an activating group) is 1. The molecule has 1 saturated carbocycles. The summed E-state index contributed by atoms with van der Waals surface area (Å²) < 4.78 is 0. The summed E-state index contributed by atoms with van der Waals surface area (Å²) in [6.45, 7) is 12.3. The van der Waals surface area contributed by atoms with Gasteiger partial charge in [-0.15, -0.1) is 0 Å². The lowest BCUT2D eigenvalue weighted by atomic mass is 9.63. The summed E-state index contributed by atoms with van der Waals surface area (Å²) in [6.07, 6.45) is 8.23. The van der Waals surface area contributed by atoms with Crippen LogP contribution in [0, 0.1) is 10.8 Å². The SMILES string of the molecule is CN(CC1CCCCN1)C1CC(C)(C)CC(C)(C)C1. The minimum Gasteiger partial charge on any atom is -0.313 e. The van der Waals surface area contributed by atoms with Crippen molar-refractivity contribution in [3.63, 3.8) is 0 Å². The molecule has 19 heavy (non-hydrogen) atoms. The number of piperidine rings is 1. The predicted molar refractivity (Wildman–Crippen MR) is 83.5 cm³/mol. The summed E-state index contributed by atoms with van der Waals surface area (Å²) in [4.78, 5) is 2.64. The monoisotopic (exact) mass is 266 g/mol. The third kappa shape index (κ3) is 4.46. The smallest absolute Gasteiger partial charge is 0.0195 e. The molecule has 2 nitrogen and oxygen atoms in total. The molecule has 1 aliphatic carbocycles. The number of hydrogen-bond donors (Lipinski definition) is 1. The highest BCUT2D eigenvalue weighted by Gasteiger charge is 2.39. The van der Waals surface area contributed by atoms with Crippen LogP contribution in [-0.4, -0.2) is 37.1 Å². The van der Waals surface area contributed by atoms with Gasteiger partial charge in [-0.25, -0.2) is 0 Å². The van der Waals surface area contributed by atoms with Crippen LogP contribution in [0.4, 0.5) is 0 Å². The van der Waals surface area contributed by atoms with Crippen molar-refractivity contribution in [3.05, 3.63) is 0 Å². The van der Waals surface area contributed by atoms with Crippen LogP contribution in [0.5, 0.6) is 0 Å². The molecule has 1 unspecified atom stereocenters. The van der Waals surface area contributed by atoms with E-state index in [9.17, 15) is 0 Å².